The first-order valence-electron chi connectivity index (χ1n) is 9.58. The van der Waals surface area contributed by atoms with E-state index in [-0.39, 0.29) is 14.9 Å². The second-order valence-corrected chi connectivity index (χ2v) is 8.30. The summed E-state index contributed by atoms with van der Waals surface area (Å²) in [6, 6.07) is 0. The van der Waals surface area contributed by atoms with Crippen LogP contribution in [0.15, 0.2) is 0 Å². The van der Waals surface area contributed by atoms with Crippen LogP contribution in [-0.2, 0) is 0 Å². The summed E-state index contributed by atoms with van der Waals surface area (Å²) in [6.45, 7) is 24.5. The highest BCUT2D eigenvalue weighted by Crippen LogP contribution is 2.35. The summed E-state index contributed by atoms with van der Waals surface area (Å²) >= 11 is 0. The van der Waals surface area contributed by atoms with Gasteiger partial charge in [0.2, 0.25) is 0 Å². The lowest BCUT2D eigenvalue weighted by Crippen LogP contribution is -1.85. The lowest BCUT2D eigenvalue weighted by molar-refractivity contribution is 0.563. The van der Waals surface area contributed by atoms with E-state index in [1.54, 1.807) is 0 Å². The lowest BCUT2D eigenvalue weighted by Gasteiger charge is -1.95. The molecule has 0 nitrogen and oxygen atoms in total. The van der Waals surface area contributed by atoms with Gasteiger partial charge in [0.15, 0.2) is 0 Å². The maximum absolute atomic E-state index is 2.30. The average molecular weight is 333 g/mol. The van der Waals surface area contributed by atoms with Crippen LogP contribution in [0.1, 0.15) is 123 Å². The van der Waals surface area contributed by atoms with Crippen molar-refractivity contribution in [2.75, 3.05) is 0 Å². The molecule has 0 saturated heterocycles. The van der Waals surface area contributed by atoms with Gasteiger partial charge in [-0.3, -0.25) is 0 Å². The van der Waals surface area contributed by atoms with Crippen molar-refractivity contribution >= 4 is 0 Å². The monoisotopic (exact) mass is 332 g/mol. The molecule has 0 unspecified atom stereocenters. The van der Waals surface area contributed by atoms with E-state index in [9.17, 15) is 0 Å². The number of hydrogen-bond acceptors (Lipinski definition) is 0. The second-order valence-electron chi connectivity index (χ2n) is 8.30. The SMILES string of the molecule is C.C.CC(C)C.CC(C)C1CC1.CCC(C)C.CCCC(C)C. The highest BCUT2D eigenvalue weighted by Gasteiger charge is 2.23. The van der Waals surface area contributed by atoms with E-state index in [4.69, 9.17) is 0 Å². The zero-order valence-electron chi connectivity index (χ0n) is 17.4. The Morgan fingerprint density at radius 2 is 1.00 bits per heavy atom. The Kier molecular flexibility index (Phi) is 36.2. The van der Waals surface area contributed by atoms with Crippen LogP contribution in [0.5, 0.6) is 0 Å². The Morgan fingerprint density at radius 1 is 0.696 bits per heavy atom. The van der Waals surface area contributed by atoms with Crippen molar-refractivity contribution in [3.05, 3.63) is 0 Å². The van der Waals surface area contributed by atoms with Gasteiger partial charge in [0.1, 0.15) is 0 Å². The first-order chi connectivity index (χ1) is 9.58. The number of hydrogen-bond donors (Lipinski definition) is 0. The minimum Gasteiger partial charge on any atom is -0.0776 e. The van der Waals surface area contributed by atoms with Gasteiger partial charge in [-0.2, -0.15) is 0 Å². The molecule has 23 heavy (non-hydrogen) atoms. The van der Waals surface area contributed by atoms with Gasteiger partial charge in [-0.25, -0.2) is 0 Å². The summed E-state index contributed by atoms with van der Waals surface area (Å²) < 4.78 is 0. The second kappa shape index (κ2) is 24.3. The van der Waals surface area contributed by atoms with Crippen molar-refractivity contribution in [3.63, 3.8) is 0 Å². The minimum absolute atomic E-state index is 0. The molecule has 0 aliphatic heterocycles. The molecule has 0 radical (unpaired) electrons. The fraction of sp³-hybridized carbons (Fsp3) is 1.00. The van der Waals surface area contributed by atoms with E-state index in [0.717, 1.165) is 29.6 Å². The molecule has 0 spiro atoms. The van der Waals surface area contributed by atoms with Gasteiger partial charge in [-0.1, -0.05) is 110 Å². The van der Waals surface area contributed by atoms with Crippen LogP contribution in [0.4, 0.5) is 0 Å². The summed E-state index contributed by atoms with van der Waals surface area (Å²) in [6.07, 6.45) is 7.01. The summed E-state index contributed by atoms with van der Waals surface area (Å²) in [5.74, 6) is 4.68. The summed E-state index contributed by atoms with van der Waals surface area (Å²) in [5.41, 5.74) is 0. The average Bonchev–Trinajstić information content (AvgIpc) is 3.13. The van der Waals surface area contributed by atoms with Gasteiger partial charge >= 0.3 is 0 Å². The molecule has 1 saturated carbocycles. The Balaban J connectivity index is -0.0000000616. The van der Waals surface area contributed by atoms with Crippen LogP contribution in [0, 0.1) is 29.6 Å². The molecule has 0 heteroatoms. The van der Waals surface area contributed by atoms with Crippen molar-refractivity contribution in [2.24, 2.45) is 29.6 Å². The molecule has 0 aromatic rings. The van der Waals surface area contributed by atoms with Crippen molar-refractivity contribution in [3.8, 4) is 0 Å². The van der Waals surface area contributed by atoms with Crippen LogP contribution in [-0.4, -0.2) is 0 Å². The van der Waals surface area contributed by atoms with Crippen molar-refractivity contribution < 1.29 is 0 Å². The quantitative estimate of drug-likeness (QED) is 0.480. The maximum atomic E-state index is 2.30. The third kappa shape index (κ3) is 61.1. The summed E-state index contributed by atoms with van der Waals surface area (Å²) in [4.78, 5) is 0. The van der Waals surface area contributed by atoms with Gasteiger partial charge in [0, 0.05) is 0 Å². The van der Waals surface area contributed by atoms with E-state index in [1.165, 1.54) is 32.1 Å². The molecule has 1 rings (SSSR count). The smallest absolute Gasteiger partial charge is 0.0391 e. The van der Waals surface area contributed by atoms with Gasteiger partial charge < -0.3 is 0 Å². The molecule has 0 aromatic carbocycles. The normalized spacial score (nSPS) is 12.1. The molecule has 1 fully saturated rings. The minimum atomic E-state index is 0. The molecule has 148 valence electrons. The Labute approximate surface area is 153 Å². The predicted octanol–water partition coefficient (Wildman–Crippen LogP) is 9.48. The lowest BCUT2D eigenvalue weighted by atomic mass is 10.1. The number of rotatable bonds is 4. The van der Waals surface area contributed by atoms with Crippen LogP contribution in [0.2, 0.25) is 0 Å². The van der Waals surface area contributed by atoms with Crippen LogP contribution < -0.4 is 0 Å². The van der Waals surface area contributed by atoms with Crippen molar-refractivity contribution in [1.29, 1.82) is 0 Å². The third-order valence-electron chi connectivity index (χ3n) is 3.25. The molecule has 0 amide bonds. The van der Waals surface area contributed by atoms with E-state index in [0.29, 0.717) is 0 Å². The van der Waals surface area contributed by atoms with Gasteiger partial charge in [0.05, 0.1) is 0 Å². The predicted molar refractivity (Wildman–Crippen MR) is 116 cm³/mol. The maximum Gasteiger partial charge on any atom is -0.0391 e. The molecule has 0 aromatic heterocycles. The largest absolute Gasteiger partial charge is 0.0776 e. The molecule has 0 N–H and O–H groups in total. The Morgan fingerprint density at radius 3 is 1.00 bits per heavy atom. The van der Waals surface area contributed by atoms with E-state index >= 15 is 0 Å². The van der Waals surface area contributed by atoms with Crippen molar-refractivity contribution in [2.45, 2.75) is 123 Å². The van der Waals surface area contributed by atoms with E-state index in [2.05, 4.69) is 76.2 Å². The van der Waals surface area contributed by atoms with Crippen LogP contribution >= 0.6 is 0 Å². The molecule has 0 atom stereocenters. The zero-order valence-corrected chi connectivity index (χ0v) is 17.4. The molecule has 1 aliphatic carbocycles. The topological polar surface area (TPSA) is 0 Å². The van der Waals surface area contributed by atoms with Gasteiger partial charge in [-0.05, 0) is 42.4 Å². The summed E-state index contributed by atoms with van der Waals surface area (Å²) in [7, 11) is 0. The summed E-state index contributed by atoms with van der Waals surface area (Å²) in [5, 5.41) is 0. The Bertz CT molecular complexity index is 158. The van der Waals surface area contributed by atoms with Gasteiger partial charge in [0.25, 0.3) is 0 Å². The zero-order chi connectivity index (χ0) is 17.4. The first-order valence-corrected chi connectivity index (χ1v) is 9.58. The Hall–Kier alpha value is 0. The fourth-order valence-electron chi connectivity index (χ4n) is 1.34. The van der Waals surface area contributed by atoms with Crippen LogP contribution in [0.25, 0.3) is 0 Å². The highest BCUT2D eigenvalue weighted by atomic mass is 14.3. The standard InChI is InChI=1S/C6H12.C6H14.C5H12.C4H10.2CH4/c1-5(2)6-3-4-6;1-4-5-6(2)3;1-4-5(2)3;1-4(2)3;;/h5-6H,3-4H2,1-2H3;6H,4-5H2,1-3H3;5H,4H2,1-3H3;4H,1-3H3;2*1H4. The third-order valence-corrected chi connectivity index (χ3v) is 3.25. The molecule has 1 aliphatic rings. The van der Waals surface area contributed by atoms with E-state index < -0.39 is 0 Å². The van der Waals surface area contributed by atoms with Gasteiger partial charge in [-0.15, -0.1) is 0 Å². The highest BCUT2D eigenvalue weighted by molar-refractivity contribution is 4.75. The van der Waals surface area contributed by atoms with Crippen LogP contribution in [0.3, 0.4) is 0 Å². The molecule has 0 heterocycles. The molecular formula is C23H56. The van der Waals surface area contributed by atoms with E-state index in [1.807, 2.05) is 0 Å². The fourth-order valence-corrected chi connectivity index (χ4v) is 1.34. The molecular weight excluding hydrogens is 276 g/mol. The first kappa shape index (κ1) is 34.4. The molecule has 0 bridgehead atoms. The van der Waals surface area contributed by atoms with Crippen molar-refractivity contribution in [1.82, 2.24) is 0 Å².